The third-order valence-corrected chi connectivity index (χ3v) is 4.51. The Kier molecular flexibility index (Phi) is 6.98. The van der Waals surface area contributed by atoms with Gasteiger partial charge in [-0.25, -0.2) is 5.43 Å². The number of phenols is 1. The Morgan fingerprint density at radius 2 is 1.77 bits per heavy atom. The lowest BCUT2D eigenvalue weighted by Crippen LogP contribution is -2.60. The summed E-state index contributed by atoms with van der Waals surface area (Å²) in [5, 5.41) is 52.2. The van der Waals surface area contributed by atoms with Crippen molar-refractivity contribution < 1.29 is 39.8 Å². The lowest BCUT2D eigenvalue weighted by molar-refractivity contribution is -0.277. The first-order chi connectivity index (χ1) is 14.4. The molecule has 0 aliphatic carbocycles. The molecule has 0 aromatic heterocycles. The van der Waals surface area contributed by atoms with Gasteiger partial charge in [0.1, 0.15) is 35.9 Å². The lowest BCUT2D eigenvalue weighted by Gasteiger charge is -2.39. The summed E-state index contributed by atoms with van der Waals surface area (Å²) >= 11 is 0. The Labute approximate surface area is 171 Å². The van der Waals surface area contributed by atoms with Crippen molar-refractivity contribution >= 4 is 12.1 Å². The third kappa shape index (κ3) is 4.93. The van der Waals surface area contributed by atoms with Gasteiger partial charge in [0.05, 0.1) is 18.4 Å². The first-order valence-electron chi connectivity index (χ1n) is 9.09. The van der Waals surface area contributed by atoms with Gasteiger partial charge in [0.2, 0.25) is 6.29 Å². The average molecular weight is 418 g/mol. The Morgan fingerprint density at radius 1 is 1.07 bits per heavy atom. The molecule has 1 aliphatic heterocycles. The van der Waals surface area contributed by atoms with Gasteiger partial charge in [0.25, 0.3) is 5.91 Å². The molecule has 2 aromatic rings. The number of carbonyl (C=O) groups is 1. The zero-order valence-corrected chi connectivity index (χ0v) is 15.7. The van der Waals surface area contributed by atoms with Crippen molar-refractivity contribution in [1.82, 2.24) is 5.43 Å². The summed E-state index contributed by atoms with van der Waals surface area (Å²) in [4.78, 5) is 12.0. The topological polar surface area (TPSA) is 161 Å². The second-order valence-electron chi connectivity index (χ2n) is 6.60. The molecule has 0 radical (unpaired) electrons. The fourth-order valence-electron chi connectivity index (χ4n) is 2.82. The van der Waals surface area contributed by atoms with Crippen LogP contribution < -0.4 is 10.2 Å². The van der Waals surface area contributed by atoms with E-state index in [1.54, 1.807) is 36.4 Å². The van der Waals surface area contributed by atoms with Crippen LogP contribution >= 0.6 is 0 Å². The van der Waals surface area contributed by atoms with Gasteiger partial charge in [-0.05, 0) is 42.0 Å². The van der Waals surface area contributed by atoms with Gasteiger partial charge in [-0.3, -0.25) is 4.79 Å². The van der Waals surface area contributed by atoms with E-state index in [1.165, 1.54) is 18.3 Å². The van der Waals surface area contributed by atoms with Crippen LogP contribution in [0.2, 0.25) is 0 Å². The number of nitrogens with one attached hydrogen (secondary N) is 1. The van der Waals surface area contributed by atoms with Gasteiger partial charge in [0.15, 0.2) is 0 Å². The quantitative estimate of drug-likeness (QED) is 0.266. The molecule has 0 bridgehead atoms. The van der Waals surface area contributed by atoms with Crippen molar-refractivity contribution in [2.24, 2.45) is 5.10 Å². The molecule has 2 aromatic carbocycles. The molecule has 5 atom stereocenters. The normalized spacial score (nSPS) is 26.5. The number of amides is 1. The average Bonchev–Trinajstić information content (AvgIpc) is 2.75. The predicted octanol–water partition coefficient (Wildman–Crippen LogP) is -0.665. The van der Waals surface area contributed by atoms with E-state index < -0.39 is 43.2 Å². The van der Waals surface area contributed by atoms with E-state index in [0.29, 0.717) is 11.3 Å². The van der Waals surface area contributed by atoms with Gasteiger partial charge in [0, 0.05) is 0 Å². The van der Waals surface area contributed by atoms with Crippen molar-refractivity contribution in [3.63, 3.8) is 0 Å². The minimum Gasteiger partial charge on any atom is -0.507 e. The maximum atomic E-state index is 12.0. The molecule has 160 valence electrons. The molecular weight excluding hydrogens is 396 g/mol. The van der Waals surface area contributed by atoms with Crippen LogP contribution in [0.3, 0.4) is 0 Å². The van der Waals surface area contributed by atoms with Gasteiger partial charge >= 0.3 is 0 Å². The van der Waals surface area contributed by atoms with E-state index in [4.69, 9.17) is 9.47 Å². The molecule has 1 heterocycles. The Balaban J connectivity index is 1.58. The summed E-state index contributed by atoms with van der Waals surface area (Å²) in [5.41, 5.74) is 3.02. The number of rotatable bonds is 6. The zero-order chi connectivity index (χ0) is 21.7. The van der Waals surface area contributed by atoms with E-state index >= 15 is 0 Å². The number of para-hydroxylation sites is 1. The van der Waals surface area contributed by atoms with Crippen LogP contribution in [0.5, 0.6) is 11.5 Å². The molecule has 10 heteroatoms. The number of aromatic hydroxyl groups is 1. The van der Waals surface area contributed by atoms with E-state index in [0.717, 1.165) is 0 Å². The maximum Gasteiger partial charge on any atom is 0.275 e. The number of hydrazone groups is 1. The monoisotopic (exact) mass is 418 g/mol. The molecule has 30 heavy (non-hydrogen) atoms. The van der Waals surface area contributed by atoms with Crippen LogP contribution in [0.4, 0.5) is 0 Å². The molecule has 1 fully saturated rings. The van der Waals surface area contributed by atoms with Crippen LogP contribution in [0.25, 0.3) is 0 Å². The number of aliphatic hydroxyl groups is 4. The molecule has 1 aliphatic rings. The molecule has 1 amide bonds. The molecule has 3 rings (SSSR count). The van der Waals surface area contributed by atoms with E-state index in [9.17, 15) is 30.3 Å². The number of benzene rings is 2. The summed E-state index contributed by atoms with van der Waals surface area (Å²) in [6.45, 7) is -0.549. The van der Waals surface area contributed by atoms with Crippen molar-refractivity contribution in [2.45, 2.75) is 30.7 Å². The van der Waals surface area contributed by atoms with Gasteiger partial charge in [-0.1, -0.05) is 12.1 Å². The largest absolute Gasteiger partial charge is 0.507 e. The van der Waals surface area contributed by atoms with Gasteiger partial charge < -0.3 is 35.0 Å². The van der Waals surface area contributed by atoms with Crippen LogP contribution in [0.1, 0.15) is 15.9 Å². The Morgan fingerprint density at radius 3 is 2.43 bits per heavy atom. The second-order valence-corrected chi connectivity index (χ2v) is 6.60. The van der Waals surface area contributed by atoms with Crippen LogP contribution in [-0.4, -0.2) is 75.0 Å². The first kappa shape index (κ1) is 21.7. The van der Waals surface area contributed by atoms with Crippen LogP contribution in [0.15, 0.2) is 53.6 Å². The fourth-order valence-corrected chi connectivity index (χ4v) is 2.82. The molecule has 0 spiro atoms. The van der Waals surface area contributed by atoms with E-state index in [1.807, 2.05) is 0 Å². The van der Waals surface area contributed by atoms with Crippen molar-refractivity contribution in [3.8, 4) is 11.5 Å². The smallest absolute Gasteiger partial charge is 0.275 e. The zero-order valence-electron chi connectivity index (χ0n) is 15.7. The molecule has 0 saturated carbocycles. The summed E-state index contributed by atoms with van der Waals surface area (Å²) in [5.74, 6) is -0.415. The summed E-state index contributed by atoms with van der Waals surface area (Å²) in [6.07, 6.45) is -5.45. The van der Waals surface area contributed by atoms with Crippen LogP contribution in [0, 0.1) is 0 Å². The lowest BCUT2D eigenvalue weighted by atomic mass is 9.99. The standard InChI is InChI=1S/C20H22N2O8/c23-10-15-16(25)17(26)18(27)20(30-15)29-12-7-5-11(6-8-12)9-21-22-19(28)13-3-1-2-4-14(13)24/h1-9,15-18,20,23-27H,10H2,(H,22,28)/b21-9-/t15-,16-,17+,18-,20-/m1/s1. The van der Waals surface area contributed by atoms with E-state index in [-0.39, 0.29) is 11.3 Å². The molecule has 0 unspecified atom stereocenters. The predicted molar refractivity (Wildman–Crippen MR) is 104 cm³/mol. The van der Waals surface area contributed by atoms with Crippen molar-refractivity contribution in [3.05, 3.63) is 59.7 Å². The first-order valence-corrected chi connectivity index (χ1v) is 9.09. The highest BCUT2D eigenvalue weighted by Crippen LogP contribution is 2.24. The van der Waals surface area contributed by atoms with Crippen molar-refractivity contribution in [2.75, 3.05) is 6.61 Å². The third-order valence-electron chi connectivity index (χ3n) is 4.51. The number of aliphatic hydroxyl groups excluding tert-OH is 4. The summed E-state index contributed by atoms with van der Waals surface area (Å²) in [6, 6.07) is 12.4. The second kappa shape index (κ2) is 9.65. The number of phenolic OH excluding ortho intramolecular Hbond substituents is 1. The minimum absolute atomic E-state index is 0.0953. The molecule has 6 N–H and O–H groups in total. The number of nitrogens with zero attached hydrogens (tertiary/aromatic N) is 1. The summed E-state index contributed by atoms with van der Waals surface area (Å²) < 4.78 is 10.8. The highest BCUT2D eigenvalue weighted by Gasteiger charge is 2.44. The SMILES string of the molecule is O=C(N/N=C\c1ccc(O[C@@H]2O[C@H](CO)[C@@H](O)[C@H](O)[C@H]2O)cc1)c1ccccc1O. The van der Waals surface area contributed by atoms with E-state index in [2.05, 4.69) is 10.5 Å². The highest BCUT2D eigenvalue weighted by atomic mass is 16.7. The van der Waals surface area contributed by atoms with Gasteiger partial charge in [-0.15, -0.1) is 0 Å². The minimum atomic E-state index is -1.53. The summed E-state index contributed by atoms with van der Waals surface area (Å²) in [7, 11) is 0. The van der Waals surface area contributed by atoms with Crippen molar-refractivity contribution in [1.29, 1.82) is 0 Å². The molecular formula is C20H22N2O8. The van der Waals surface area contributed by atoms with Crippen LogP contribution in [-0.2, 0) is 4.74 Å². The molecule has 10 nitrogen and oxygen atoms in total. The molecule has 1 saturated heterocycles. The highest BCUT2D eigenvalue weighted by molar-refractivity contribution is 5.97. The number of hydrogen-bond acceptors (Lipinski definition) is 9. The number of ether oxygens (including phenoxy) is 2. The maximum absolute atomic E-state index is 12.0. The Bertz CT molecular complexity index is 887. The van der Waals surface area contributed by atoms with Gasteiger partial charge in [-0.2, -0.15) is 5.10 Å². The fraction of sp³-hybridized carbons (Fsp3) is 0.300. The number of carbonyl (C=O) groups excluding carboxylic acids is 1. The number of hydrogen-bond donors (Lipinski definition) is 6. The Hall–Kier alpha value is -3.02.